The van der Waals surface area contributed by atoms with E-state index in [0.29, 0.717) is 22.7 Å². The van der Waals surface area contributed by atoms with Crippen molar-refractivity contribution in [2.24, 2.45) is 0 Å². The number of rotatable bonds is 4. The molecular formula is C23H19N3O5. The van der Waals surface area contributed by atoms with Crippen LogP contribution in [0.25, 0.3) is 10.8 Å². The molecule has 4 amide bonds. The number of amides is 4. The summed E-state index contributed by atoms with van der Waals surface area (Å²) in [5, 5.41) is 7.28. The second-order valence-electron chi connectivity index (χ2n) is 7.59. The Kier molecular flexibility index (Phi) is 4.28. The van der Waals surface area contributed by atoms with Crippen LogP contribution >= 0.6 is 0 Å². The van der Waals surface area contributed by atoms with Crippen molar-refractivity contribution in [3.05, 3.63) is 66.2 Å². The zero-order chi connectivity index (χ0) is 21.6. The number of carbonyl (C=O) groups excluding carboxylic acids is 3. The van der Waals surface area contributed by atoms with Crippen molar-refractivity contribution >= 4 is 34.3 Å². The molecule has 2 heterocycles. The topological polar surface area (TPSA) is 97.0 Å². The average molecular weight is 417 g/mol. The van der Waals surface area contributed by atoms with Crippen LogP contribution in [0.5, 0.6) is 11.5 Å². The fraction of sp³-hybridized carbons (Fsp3) is 0.174. The maximum absolute atomic E-state index is 13.2. The van der Waals surface area contributed by atoms with E-state index in [1.807, 2.05) is 42.5 Å². The molecule has 0 saturated carbocycles. The molecule has 1 saturated heterocycles. The lowest BCUT2D eigenvalue weighted by Gasteiger charge is -2.24. The highest BCUT2D eigenvalue weighted by Crippen LogP contribution is 2.35. The number of urea groups is 1. The fourth-order valence-corrected chi connectivity index (χ4v) is 4.00. The van der Waals surface area contributed by atoms with E-state index >= 15 is 0 Å². The van der Waals surface area contributed by atoms with Crippen LogP contribution in [0.2, 0.25) is 0 Å². The van der Waals surface area contributed by atoms with E-state index in [0.717, 1.165) is 15.7 Å². The van der Waals surface area contributed by atoms with Crippen LogP contribution in [-0.2, 0) is 15.1 Å². The Morgan fingerprint density at radius 2 is 1.84 bits per heavy atom. The minimum absolute atomic E-state index is 0.127. The molecule has 2 N–H and O–H groups in total. The van der Waals surface area contributed by atoms with Crippen LogP contribution in [0, 0.1) is 0 Å². The summed E-state index contributed by atoms with van der Waals surface area (Å²) in [6, 6.07) is 17.6. The second kappa shape index (κ2) is 7.02. The van der Waals surface area contributed by atoms with Gasteiger partial charge in [-0.05, 0) is 35.4 Å². The first kappa shape index (κ1) is 18.9. The van der Waals surface area contributed by atoms with Gasteiger partial charge in [-0.1, -0.05) is 42.5 Å². The predicted molar refractivity (Wildman–Crippen MR) is 113 cm³/mol. The molecule has 1 atom stereocenters. The maximum atomic E-state index is 13.2. The molecule has 3 aromatic rings. The molecule has 0 radical (unpaired) electrons. The average Bonchev–Trinajstić information content (AvgIpc) is 3.31. The summed E-state index contributed by atoms with van der Waals surface area (Å²) in [5.74, 6) is 0.147. The Hall–Kier alpha value is -4.07. The third-order valence-electron chi connectivity index (χ3n) is 5.56. The SMILES string of the molecule is C[C@]1(c2cccc3ccccc23)NC(=O)N(CC(=O)Nc2ccc3c(c2)OCO3)C1=O. The Balaban J connectivity index is 1.37. The van der Waals surface area contributed by atoms with E-state index in [1.54, 1.807) is 25.1 Å². The largest absolute Gasteiger partial charge is 0.454 e. The van der Waals surface area contributed by atoms with Crippen molar-refractivity contribution in [2.45, 2.75) is 12.5 Å². The molecule has 5 rings (SSSR count). The van der Waals surface area contributed by atoms with E-state index in [1.165, 1.54) is 0 Å². The van der Waals surface area contributed by atoms with Crippen LogP contribution in [-0.4, -0.2) is 36.1 Å². The van der Waals surface area contributed by atoms with Gasteiger partial charge in [0.05, 0.1) is 0 Å². The fourth-order valence-electron chi connectivity index (χ4n) is 4.00. The highest BCUT2D eigenvalue weighted by atomic mass is 16.7. The summed E-state index contributed by atoms with van der Waals surface area (Å²) < 4.78 is 10.5. The molecule has 31 heavy (non-hydrogen) atoms. The first-order chi connectivity index (χ1) is 15.0. The zero-order valence-electron chi connectivity index (χ0n) is 16.7. The third kappa shape index (κ3) is 3.13. The first-order valence-electron chi connectivity index (χ1n) is 9.77. The molecule has 0 spiro atoms. The van der Waals surface area contributed by atoms with Gasteiger partial charge in [0.1, 0.15) is 12.1 Å². The number of imide groups is 1. The lowest BCUT2D eigenvalue weighted by atomic mass is 9.88. The molecule has 0 unspecified atom stereocenters. The molecule has 3 aromatic carbocycles. The van der Waals surface area contributed by atoms with Gasteiger partial charge in [0.25, 0.3) is 5.91 Å². The number of hydrogen-bond donors (Lipinski definition) is 2. The van der Waals surface area contributed by atoms with Crippen LogP contribution in [0.15, 0.2) is 60.7 Å². The third-order valence-corrected chi connectivity index (χ3v) is 5.56. The van der Waals surface area contributed by atoms with Gasteiger partial charge in [0.15, 0.2) is 11.5 Å². The van der Waals surface area contributed by atoms with E-state index < -0.39 is 29.9 Å². The first-order valence-corrected chi connectivity index (χ1v) is 9.77. The zero-order valence-corrected chi connectivity index (χ0v) is 16.7. The van der Waals surface area contributed by atoms with Gasteiger partial charge in [-0.2, -0.15) is 0 Å². The van der Waals surface area contributed by atoms with Gasteiger partial charge in [-0.25, -0.2) is 4.79 Å². The number of benzene rings is 3. The highest BCUT2D eigenvalue weighted by Gasteiger charge is 2.50. The minimum Gasteiger partial charge on any atom is -0.454 e. The smallest absolute Gasteiger partial charge is 0.325 e. The van der Waals surface area contributed by atoms with E-state index in [9.17, 15) is 14.4 Å². The van der Waals surface area contributed by atoms with Gasteiger partial charge in [-0.3, -0.25) is 14.5 Å². The number of carbonyl (C=O) groups is 3. The van der Waals surface area contributed by atoms with Crippen molar-refractivity contribution in [2.75, 3.05) is 18.7 Å². The van der Waals surface area contributed by atoms with Crippen LogP contribution in [0.1, 0.15) is 12.5 Å². The van der Waals surface area contributed by atoms with Gasteiger partial charge in [0.2, 0.25) is 12.7 Å². The number of nitrogens with zero attached hydrogens (tertiary/aromatic N) is 1. The summed E-state index contributed by atoms with van der Waals surface area (Å²) in [6.45, 7) is 1.38. The molecule has 0 aliphatic carbocycles. The maximum Gasteiger partial charge on any atom is 0.325 e. The van der Waals surface area contributed by atoms with Crippen LogP contribution < -0.4 is 20.1 Å². The van der Waals surface area contributed by atoms with Gasteiger partial charge in [-0.15, -0.1) is 0 Å². The van der Waals surface area contributed by atoms with Crippen molar-refractivity contribution < 1.29 is 23.9 Å². The molecule has 0 bridgehead atoms. The van der Waals surface area contributed by atoms with Crippen LogP contribution in [0.3, 0.4) is 0 Å². The number of fused-ring (bicyclic) bond motifs is 2. The molecule has 156 valence electrons. The monoisotopic (exact) mass is 417 g/mol. The normalized spacial score (nSPS) is 19.6. The quantitative estimate of drug-likeness (QED) is 0.636. The Labute approximate surface area is 177 Å². The summed E-state index contributed by atoms with van der Waals surface area (Å²) >= 11 is 0. The van der Waals surface area contributed by atoms with Crippen molar-refractivity contribution in [1.82, 2.24) is 10.2 Å². The number of anilines is 1. The lowest BCUT2D eigenvalue weighted by Crippen LogP contribution is -2.42. The molecule has 1 fully saturated rings. The standard InChI is InChI=1S/C23H19N3O5/c1-23(17-8-4-6-14-5-2-3-7-16(14)17)21(28)26(22(29)25-23)12-20(27)24-15-9-10-18-19(11-15)31-13-30-18/h2-11H,12-13H2,1H3,(H,24,27)(H,25,29)/t23-/m1/s1. The number of hydrogen-bond acceptors (Lipinski definition) is 5. The van der Waals surface area contributed by atoms with Gasteiger partial charge >= 0.3 is 6.03 Å². The summed E-state index contributed by atoms with van der Waals surface area (Å²) in [5.41, 5.74) is -0.0995. The Bertz CT molecular complexity index is 1240. The van der Waals surface area contributed by atoms with Gasteiger partial charge < -0.3 is 20.1 Å². The van der Waals surface area contributed by atoms with Crippen molar-refractivity contribution in [3.63, 3.8) is 0 Å². The molecular weight excluding hydrogens is 398 g/mol. The van der Waals surface area contributed by atoms with E-state index in [4.69, 9.17) is 9.47 Å². The molecule has 0 aromatic heterocycles. The summed E-state index contributed by atoms with van der Waals surface area (Å²) in [7, 11) is 0. The highest BCUT2D eigenvalue weighted by molar-refractivity contribution is 6.11. The van der Waals surface area contributed by atoms with Crippen molar-refractivity contribution in [3.8, 4) is 11.5 Å². The number of ether oxygens (including phenoxy) is 2. The molecule has 2 aliphatic rings. The predicted octanol–water partition coefficient (Wildman–Crippen LogP) is 2.97. The molecule has 8 nitrogen and oxygen atoms in total. The minimum atomic E-state index is -1.27. The summed E-state index contributed by atoms with van der Waals surface area (Å²) in [4.78, 5) is 39.4. The Morgan fingerprint density at radius 3 is 2.71 bits per heavy atom. The van der Waals surface area contributed by atoms with Gasteiger partial charge in [0, 0.05) is 11.8 Å². The van der Waals surface area contributed by atoms with E-state index in [-0.39, 0.29) is 6.79 Å². The lowest BCUT2D eigenvalue weighted by molar-refractivity contribution is -0.133. The second-order valence-corrected chi connectivity index (χ2v) is 7.59. The summed E-state index contributed by atoms with van der Waals surface area (Å²) in [6.07, 6.45) is 0. The van der Waals surface area contributed by atoms with E-state index in [2.05, 4.69) is 10.6 Å². The Morgan fingerprint density at radius 1 is 1.06 bits per heavy atom. The molecule has 8 heteroatoms. The number of nitrogens with one attached hydrogen (secondary N) is 2. The molecule has 2 aliphatic heterocycles. The van der Waals surface area contributed by atoms with Crippen LogP contribution in [0.4, 0.5) is 10.5 Å². The van der Waals surface area contributed by atoms with Crippen molar-refractivity contribution in [1.29, 1.82) is 0 Å².